The minimum absolute atomic E-state index is 0.103. The first-order chi connectivity index (χ1) is 11.7. The van der Waals surface area contributed by atoms with Crippen LogP contribution in [0.1, 0.15) is 31.3 Å². The van der Waals surface area contributed by atoms with Crippen molar-refractivity contribution in [2.75, 3.05) is 13.1 Å². The van der Waals surface area contributed by atoms with Crippen molar-refractivity contribution in [1.82, 2.24) is 15.4 Å². The van der Waals surface area contributed by atoms with E-state index >= 15 is 0 Å². The van der Waals surface area contributed by atoms with Crippen LogP contribution in [-0.2, 0) is 0 Å². The van der Waals surface area contributed by atoms with E-state index < -0.39 is 17.5 Å². The Hall–Kier alpha value is -2.54. The maximum atomic E-state index is 12.4. The fourth-order valence-electron chi connectivity index (χ4n) is 2.35. The molecule has 0 bridgehead atoms. The first-order valence-corrected chi connectivity index (χ1v) is 8.07. The summed E-state index contributed by atoms with van der Waals surface area (Å²) in [6, 6.07) is 7.05. The lowest BCUT2D eigenvalue weighted by Gasteiger charge is -2.33. The van der Waals surface area contributed by atoms with Gasteiger partial charge in [0.1, 0.15) is 6.26 Å². The molecule has 134 valence electrons. The molecule has 8 heteroatoms. The van der Waals surface area contributed by atoms with Crippen molar-refractivity contribution >= 4 is 23.6 Å². The molecule has 2 N–H and O–H groups in total. The van der Waals surface area contributed by atoms with Crippen LogP contribution >= 0.6 is 11.6 Å². The second kappa shape index (κ2) is 7.57. The quantitative estimate of drug-likeness (QED) is 0.845. The number of carboxylic acid groups (broad SMARTS) is 1. The van der Waals surface area contributed by atoms with Crippen LogP contribution in [0.2, 0.25) is 5.02 Å². The zero-order chi connectivity index (χ0) is 18.6. The molecule has 1 aromatic carbocycles. The van der Waals surface area contributed by atoms with Crippen molar-refractivity contribution < 1.29 is 19.2 Å². The van der Waals surface area contributed by atoms with Crippen molar-refractivity contribution in [3.8, 4) is 11.1 Å². The molecule has 0 aliphatic heterocycles. The number of nitrogens with zero attached hydrogens (tertiary/aromatic N) is 2. The van der Waals surface area contributed by atoms with Gasteiger partial charge in [-0.25, -0.2) is 4.79 Å². The minimum Gasteiger partial charge on any atom is -0.465 e. The highest BCUT2D eigenvalue weighted by atomic mass is 35.5. The van der Waals surface area contributed by atoms with Gasteiger partial charge in [0.05, 0.1) is 5.56 Å². The zero-order valence-electron chi connectivity index (χ0n) is 14.2. The van der Waals surface area contributed by atoms with E-state index in [2.05, 4.69) is 10.5 Å². The molecule has 2 amide bonds. The summed E-state index contributed by atoms with van der Waals surface area (Å²) >= 11 is 6.15. The van der Waals surface area contributed by atoms with Crippen molar-refractivity contribution in [1.29, 1.82) is 0 Å². The summed E-state index contributed by atoms with van der Waals surface area (Å²) in [5.41, 5.74) is 0.657. The molecule has 0 atom stereocenters. The topological polar surface area (TPSA) is 95.7 Å². The van der Waals surface area contributed by atoms with Crippen molar-refractivity contribution in [3.63, 3.8) is 0 Å². The van der Waals surface area contributed by atoms with E-state index in [1.165, 1.54) is 11.2 Å². The molecule has 0 radical (unpaired) electrons. The van der Waals surface area contributed by atoms with Crippen LogP contribution in [0.5, 0.6) is 0 Å². The third kappa shape index (κ3) is 4.51. The molecule has 0 saturated carbocycles. The summed E-state index contributed by atoms with van der Waals surface area (Å²) in [6.07, 6.45) is 0.314. The number of hydrogen-bond acceptors (Lipinski definition) is 4. The van der Waals surface area contributed by atoms with Crippen LogP contribution in [0.4, 0.5) is 4.79 Å². The number of rotatable bonds is 5. The third-order valence-electron chi connectivity index (χ3n) is 3.61. The Balaban J connectivity index is 2.07. The van der Waals surface area contributed by atoms with E-state index in [-0.39, 0.29) is 18.8 Å². The molecule has 0 fully saturated rings. The van der Waals surface area contributed by atoms with Gasteiger partial charge in [-0.1, -0.05) is 35.0 Å². The Morgan fingerprint density at radius 1 is 1.28 bits per heavy atom. The van der Waals surface area contributed by atoms with Crippen LogP contribution in [0.15, 0.2) is 35.1 Å². The van der Waals surface area contributed by atoms with E-state index in [1.54, 1.807) is 45.0 Å². The Labute approximate surface area is 150 Å². The number of amides is 2. The fourth-order valence-corrected chi connectivity index (χ4v) is 2.59. The highest BCUT2D eigenvalue weighted by Crippen LogP contribution is 2.29. The molecule has 0 aliphatic carbocycles. The van der Waals surface area contributed by atoms with Gasteiger partial charge >= 0.3 is 6.09 Å². The monoisotopic (exact) mass is 365 g/mol. The summed E-state index contributed by atoms with van der Waals surface area (Å²) in [6.45, 7) is 5.67. The van der Waals surface area contributed by atoms with E-state index in [0.717, 1.165) is 0 Å². The molecule has 1 heterocycles. The van der Waals surface area contributed by atoms with Gasteiger partial charge in [0, 0.05) is 29.2 Å². The Kier molecular flexibility index (Phi) is 5.69. The lowest BCUT2D eigenvalue weighted by Crippen LogP contribution is -2.48. The van der Waals surface area contributed by atoms with Gasteiger partial charge in [-0.05, 0) is 26.8 Å². The SMILES string of the molecule is CC(C)(C)N(CCNC(=O)c1nocc1-c1ccccc1Cl)C(=O)O. The van der Waals surface area contributed by atoms with Crippen LogP contribution in [-0.4, -0.2) is 45.8 Å². The van der Waals surface area contributed by atoms with Gasteiger partial charge in [-0.3, -0.25) is 4.79 Å². The Morgan fingerprint density at radius 2 is 1.96 bits per heavy atom. The van der Waals surface area contributed by atoms with Crippen molar-refractivity contribution in [2.45, 2.75) is 26.3 Å². The van der Waals surface area contributed by atoms with Gasteiger partial charge in [0.15, 0.2) is 5.69 Å². The maximum absolute atomic E-state index is 12.4. The molecule has 0 unspecified atom stereocenters. The molecule has 7 nitrogen and oxygen atoms in total. The summed E-state index contributed by atoms with van der Waals surface area (Å²) in [5.74, 6) is -0.456. The number of hydrogen-bond donors (Lipinski definition) is 2. The number of aromatic nitrogens is 1. The second-order valence-corrected chi connectivity index (χ2v) is 6.82. The van der Waals surface area contributed by atoms with Crippen LogP contribution in [0.3, 0.4) is 0 Å². The molecule has 2 rings (SSSR count). The predicted octanol–water partition coefficient (Wildman–Crippen LogP) is 3.50. The number of carbonyl (C=O) groups is 2. The summed E-state index contributed by atoms with van der Waals surface area (Å²) in [4.78, 5) is 24.9. The largest absolute Gasteiger partial charge is 0.465 e. The second-order valence-electron chi connectivity index (χ2n) is 6.42. The lowest BCUT2D eigenvalue weighted by molar-refractivity contribution is 0.0886. The average Bonchev–Trinajstić information content (AvgIpc) is 2.99. The number of nitrogens with one attached hydrogen (secondary N) is 1. The first kappa shape index (κ1) is 18.8. The highest BCUT2D eigenvalue weighted by molar-refractivity contribution is 6.33. The van der Waals surface area contributed by atoms with Crippen LogP contribution in [0.25, 0.3) is 11.1 Å². The Bertz CT molecular complexity index is 767. The summed E-state index contributed by atoms with van der Waals surface area (Å²) in [5, 5.41) is 16.1. The average molecular weight is 366 g/mol. The normalized spacial score (nSPS) is 11.2. The van der Waals surface area contributed by atoms with E-state index in [9.17, 15) is 14.7 Å². The van der Waals surface area contributed by atoms with Gasteiger partial charge in [0.2, 0.25) is 0 Å². The zero-order valence-corrected chi connectivity index (χ0v) is 15.0. The third-order valence-corrected chi connectivity index (χ3v) is 3.94. The molecule has 0 spiro atoms. The molecule has 0 saturated heterocycles. The van der Waals surface area contributed by atoms with E-state index in [4.69, 9.17) is 16.1 Å². The number of carbonyl (C=O) groups excluding carboxylic acids is 1. The van der Waals surface area contributed by atoms with Crippen molar-refractivity contribution in [2.24, 2.45) is 0 Å². The number of halogens is 1. The molecular weight excluding hydrogens is 346 g/mol. The summed E-state index contributed by atoms with van der Waals surface area (Å²) < 4.78 is 4.92. The molecule has 25 heavy (non-hydrogen) atoms. The molecular formula is C17H20ClN3O4. The van der Waals surface area contributed by atoms with Crippen LogP contribution < -0.4 is 5.32 Å². The molecule has 0 aliphatic rings. The maximum Gasteiger partial charge on any atom is 0.407 e. The Morgan fingerprint density at radius 3 is 2.56 bits per heavy atom. The van der Waals surface area contributed by atoms with E-state index in [1.807, 2.05) is 0 Å². The van der Waals surface area contributed by atoms with Crippen molar-refractivity contribution in [3.05, 3.63) is 41.2 Å². The smallest absolute Gasteiger partial charge is 0.407 e. The molecule has 1 aromatic heterocycles. The van der Waals surface area contributed by atoms with Gasteiger partial charge in [0.25, 0.3) is 5.91 Å². The fraction of sp³-hybridized carbons (Fsp3) is 0.353. The molecule has 2 aromatic rings. The van der Waals surface area contributed by atoms with Gasteiger partial charge in [-0.15, -0.1) is 0 Å². The van der Waals surface area contributed by atoms with Gasteiger partial charge in [-0.2, -0.15) is 0 Å². The lowest BCUT2D eigenvalue weighted by atomic mass is 10.1. The first-order valence-electron chi connectivity index (χ1n) is 7.70. The standard InChI is InChI=1S/C17H20ClN3O4/c1-17(2,3)21(16(23)24)9-8-19-15(22)14-12(10-25-20-14)11-6-4-5-7-13(11)18/h4-7,10H,8-9H2,1-3H3,(H,19,22)(H,23,24). The highest BCUT2D eigenvalue weighted by Gasteiger charge is 2.26. The minimum atomic E-state index is -1.04. The van der Waals surface area contributed by atoms with Crippen LogP contribution in [0, 0.1) is 0 Å². The van der Waals surface area contributed by atoms with E-state index in [0.29, 0.717) is 16.1 Å². The predicted molar refractivity (Wildman–Crippen MR) is 93.8 cm³/mol. The van der Waals surface area contributed by atoms with Gasteiger partial charge < -0.3 is 19.8 Å². The number of benzene rings is 1. The summed E-state index contributed by atoms with van der Waals surface area (Å²) in [7, 11) is 0.